The molecule has 1 fully saturated rings. The normalized spacial score (nSPS) is 19.3. The van der Waals surface area contributed by atoms with Crippen molar-refractivity contribution in [3.05, 3.63) is 46.6 Å². The minimum Gasteiger partial charge on any atom is -0.378 e. The molecule has 0 spiro atoms. The summed E-state index contributed by atoms with van der Waals surface area (Å²) < 4.78 is 5.98. The molecule has 0 bridgehead atoms. The molecular formula is C25H41BrO. The predicted molar refractivity (Wildman–Crippen MR) is 125 cm³/mol. The Labute approximate surface area is 177 Å². The van der Waals surface area contributed by atoms with E-state index in [-0.39, 0.29) is 0 Å². The molecular weight excluding hydrogens is 396 g/mol. The standard InChI is InChI=1S/C25H41BrO/c1-21(2)10-7-14-24(20-25-16-5-6-19-27-25)15-9-13-22(3)11-8-12-23(4)17-18-26/h10-11,15,17,25H,5-9,12-14,16,18-20H2,1-4H3/b22-11+,23-17+,24-15+. The molecule has 1 atom stereocenters. The van der Waals surface area contributed by atoms with E-state index in [1.807, 2.05) is 0 Å². The topological polar surface area (TPSA) is 9.23 Å². The smallest absolute Gasteiger partial charge is 0.0612 e. The van der Waals surface area contributed by atoms with E-state index in [1.54, 1.807) is 5.57 Å². The maximum atomic E-state index is 5.98. The van der Waals surface area contributed by atoms with Crippen LogP contribution in [0.15, 0.2) is 46.6 Å². The van der Waals surface area contributed by atoms with E-state index in [4.69, 9.17) is 4.74 Å². The zero-order chi connectivity index (χ0) is 19.9. The summed E-state index contributed by atoms with van der Waals surface area (Å²) in [6, 6.07) is 0. The van der Waals surface area contributed by atoms with Crippen molar-refractivity contribution in [2.75, 3.05) is 11.9 Å². The average Bonchev–Trinajstić information content (AvgIpc) is 2.62. The fourth-order valence-electron chi connectivity index (χ4n) is 3.48. The Morgan fingerprint density at radius 1 is 0.852 bits per heavy atom. The highest BCUT2D eigenvalue weighted by atomic mass is 79.9. The molecule has 0 aromatic heterocycles. The molecule has 0 aromatic carbocycles. The van der Waals surface area contributed by atoms with Crippen LogP contribution in [0.4, 0.5) is 0 Å². The molecule has 154 valence electrons. The Bertz CT molecular complexity index is 514. The highest BCUT2D eigenvalue weighted by Gasteiger charge is 2.15. The molecule has 0 N–H and O–H groups in total. The van der Waals surface area contributed by atoms with E-state index >= 15 is 0 Å². The predicted octanol–water partition coefficient (Wildman–Crippen LogP) is 8.47. The summed E-state index contributed by atoms with van der Waals surface area (Å²) in [6.07, 6.45) is 22.0. The third kappa shape index (κ3) is 13.2. The summed E-state index contributed by atoms with van der Waals surface area (Å²) in [4.78, 5) is 0. The van der Waals surface area contributed by atoms with Crippen LogP contribution in [0.2, 0.25) is 0 Å². The Hall–Kier alpha value is -0.600. The first kappa shape index (κ1) is 24.4. The van der Waals surface area contributed by atoms with Crippen LogP contribution in [0.25, 0.3) is 0 Å². The zero-order valence-corrected chi connectivity index (χ0v) is 19.7. The van der Waals surface area contributed by atoms with Crippen LogP contribution in [0.3, 0.4) is 0 Å². The van der Waals surface area contributed by atoms with E-state index in [2.05, 4.69) is 67.9 Å². The molecule has 1 aliphatic heterocycles. The number of hydrogen-bond acceptors (Lipinski definition) is 1. The first-order valence-corrected chi connectivity index (χ1v) is 11.9. The summed E-state index contributed by atoms with van der Waals surface area (Å²) in [5.41, 5.74) is 6.02. The van der Waals surface area contributed by atoms with E-state index in [1.165, 1.54) is 55.2 Å². The highest BCUT2D eigenvalue weighted by Crippen LogP contribution is 2.23. The molecule has 0 amide bonds. The van der Waals surface area contributed by atoms with Gasteiger partial charge < -0.3 is 4.74 Å². The molecule has 1 saturated heterocycles. The fraction of sp³-hybridized carbons (Fsp3) is 0.680. The lowest BCUT2D eigenvalue weighted by Crippen LogP contribution is -2.19. The van der Waals surface area contributed by atoms with Crippen molar-refractivity contribution in [2.45, 2.75) is 98.0 Å². The van der Waals surface area contributed by atoms with Crippen molar-refractivity contribution >= 4 is 15.9 Å². The Morgan fingerprint density at radius 3 is 2.15 bits per heavy atom. The van der Waals surface area contributed by atoms with Crippen molar-refractivity contribution in [1.82, 2.24) is 0 Å². The average molecular weight is 438 g/mol. The molecule has 27 heavy (non-hydrogen) atoms. The second-order valence-electron chi connectivity index (χ2n) is 8.21. The van der Waals surface area contributed by atoms with Crippen LogP contribution >= 0.6 is 15.9 Å². The van der Waals surface area contributed by atoms with Crippen LogP contribution < -0.4 is 0 Å². The van der Waals surface area contributed by atoms with Gasteiger partial charge in [-0.05, 0) is 91.9 Å². The summed E-state index contributed by atoms with van der Waals surface area (Å²) >= 11 is 3.47. The molecule has 0 radical (unpaired) electrons. The first-order valence-electron chi connectivity index (χ1n) is 10.8. The summed E-state index contributed by atoms with van der Waals surface area (Å²) in [5, 5.41) is 0.965. The molecule has 1 heterocycles. The van der Waals surface area contributed by atoms with Gasteiger partial charge in [-0.3, -0.25) is 0 Å². The molecule has 1 aliphatic rings. The Kier molecular flexibility index (Phi) is 13.9. The van der Waals surface area contributed by atoms with Crippen molar-refractivity contribution in [2.24, 2.45) is 0 Å². The van der Waals surface area contributed by atoms with Gasteiger partial charge in [0.1, 0.15) is 0 Å². The van der Waals surface area contributed by atoms with Gasteiger partial charge in [0.05, 0.1) is 6.10 Å². The third-order valence-electron chi connectivity index (χ3n) is 5.21. The van der Waals surface area contributed by atoms with Gasteiger partial charge in [0.25, 0.3) is 0 Å². The first-order chi connectivity index (χ1) is 13.0. The number of ether oxygens (including phenoxy) is 1. The number of alkyl halides is 1. The maximum Gasteiger partial charge on any atom is 0.0612 e. The van der Waals surface area contributed by atoms with E-state index in [0.29, 0.717) is 6.10 Å². The van der Waals surface area contributed by atoms with Crippen molar-refractivity contribution in [3.8, 4) is 0 Å². The van der Waals surface area contributed by atoms with Crippen LogP contribution in [-0.4, -0.2) is 18.0 Å². The van der Waals surface area contributed by atoms with Crippen molar-refractivity contribution < 1.29 is 4.74 Å². The summed E-state index contributed by atoms with van der Waals surface area (Å²) in [7, 11) is 0. The highest BCUT2D eigenvalue weighted by molar-refractivity contribution is 9.09. The Morgan fingerprint density at radius 2 is 1.52 bits per heavy atom. The van der Waals surface area contributed by atoms with E-state index in [9.17, 15) is 0 Å². The molecule has 0 aliphatic carbocycles. The van der Waals surface area contributed by atoms with Crippen LogP contribution in [0.5, 0.6) is 0 Å². The van der Waals surface area contributed by atoms with E-state index in [0.717, 1.165) is 37.6 Å². The second kappa shape index (κ2) is 15.3. The minimum absolute atomic E-state index is 0.456. The molecule has 1 rings (SSSR count). The number of allylic oxidation sites excluding steroid dienone is 7. The summed E-state index contributed by atoms with van der Waals surface area (Å²) in [6.45, 7) is 9.84. The van der Waals surface area contributed by atoms with Gasteiger partial charge in [0.15, 0.2) is 0 Å². The quantitative estimate of drug-likeness (QED) is 0.220. The van der Waals surface area contributed by atoms with Crippen LogP contribution in [-0.2, 0) is 4.74 Å². The lowest BCUT2D eigenvalue weighted by molar-refractivity contribution is 0.0163. The summed E-state index contributed by atoms with van der Waals surface area (Å²) in [5.74, 6) is 0. The van der Waals surface area contributed by atoms with Crippen molar-refractivity contribution in [3.63, 3.8) is 0 Å². The van der Waals surface area contributed by atoms with Gasteiger partial charge in [0.2, 0.25) is 0 Å². The SMILES string of the molecule is CC(C)=CCC/C(=C\CC/C(C)=C/CC/C(C)=C/CBr)CC1CCCCO1. The molecule has 2 heteroatoms. The van der Waals surface area contributed by atoms with Crippen LogP contribution in [0, 0.1) is 0 Å². The lowest BCUT2D eigenvalue weighted by atomic mass is 9.96. The third-order valence-corrected chi connectivity index (χ3v) is 5.53. The van der Waals surface area contributed by atoms with Gasteiger partial charge in [-0.25, -0.2) is 0 Å². The molecule has 1 nitrogen and oxygen atoms in total. The Balaban J connectivity index is 2.48. The van der Waals surface area contributed by atoms with Gasteiger partial charge in [0, 0.05) is 11.9 Å². The minimum atomic E-state index is 0.456. The maximum absolute atomic E-state index is 5.98. The number of halogens is 1. The van der Waals surface area contributed by atoms with Gasteiger partial charge in [-0.15, -0.1) is 0 Å². The zero-order valence-electron chi connectivity index (χ0n) is 18.2. The molecule has 0 aromatic rings. The largest absolute Gasteiger partial charge is 0.378 e. The second-order valence-corrected chi connectivity index (χ2v) is 8.86. The van der Waals surface area contributed by atoms with E-state index < -0.39 is 0 Å². The van der Waals surface area contributed by atoms with Crippen molar-refractivity contribution in [1.29, 1.82) is 0 Å². The molecule has 1 unspecified atom stereocenters. The van der Waals surface area contributed by atoms with Gasteiger partial charge >= 0.3 is 0 Å². The van der Waals surface area contributed by atoms with Crippen LogP contribution in [0.1, 0.15) is 91.9 Å². The van der Waals surface area contributed by atoms with Gasteiger partial charge in [-0.1, -0.05) is 62.5 Å². The fourth-order valence-corrected chi connectivity index (χ4v) is 4.03. The number of rotatable bonds is 12. The monoisotopic (exact) mass is 436 g/mol. The molecule has 0 saturated carbocycles. The van der Waals surface area contributed by atoms with Gasteiger partial charge in [-0.2, -0.15) is 0 Å². The lowest BCUT2D eigenvalue weighted by Gasteiger charge is -2.23. The number of hydrogen-bond donors (Lipinski definition) is 0.